The number of aromatic nitrogens is 2. The van der Waals surface area contributed by atoms with Crippen molar-refractivity contribution in [3.8, 4) is 0 Å². The molecule has 0 spiro atoms. The first-order valence-electron chi connectivity index (χ1n) is 6.95. The van der Waals surface area contributed by atoms with Gasteiger partial charge in [-0.3, -0.25) is 0 Å². The molecule has 1 aliphatic rings. The molecule has 1 heterocycles. The summed E-state index contributed by atoms with van der Waals surface area (Å²) in [5, 5.41) is 15.5. The van der Waals surface area contributed by atoms with Gasteiger partial charge in [-0.2, -0.15) is 0 Å². The first kappa shape index (κ1) is 14.1. The van der Waals surface area contributed by atoms with Crippen LogP contribution in [0.4, 0.5) is 11.6 Å². The van der Waals surface area contributed by atoms with Crippen molar-refractivity contribution in [1.82, 2.24) is 9.97 Å². The van der Waals surface area contributed by atoms with Crippen molar-refractivity contribution in [1.29, 1.82) is 0 Å². The average molecular weight is 264 g/mol. The zero-order valence-corrected chi connectivity index (χ0v) is 12.0. The smallest absolute Gasteiger partial charge is 0.136 e. The van der Waals surface area contributed by atoms with Crippen LogP contribution in [0.15, 0.2) is 6.07 Å². The molecule has 0 aromatic carbocycles. The quantitative estimate of drug-likeness (QED) is 0.704. The minimum atomic E-state index is 0.0548. The van der Waals surface area contributed by atoms with E-state index in [9.17, 15) is 0 Å². The normalized spacial score (nSPS) is 15.4. The van der Waals surface area contributed by atoms with Crippen molar-refractivity contribution in [2.45, 2.75) is 39.0 Å². The van der Waals surface area contributed by atoms with Crippen LogP contribution in [-0.2, 0) is 0 Å². The van der Waals surface area contributed by atoms with Crippen LogP contribution < -0.4 is 10.6 Å². The second-order valence-corrected chi connectivity index (χ2v) is 6.01. The topological polar surface area (TPSA) is 70.1 Å². The fourth-order valence-electron chi connectivity index (χ4n) is 1.93. The minimum Gasteiger partial charge on any atom is -0.396 e. The molecule has 0 atom stereocenters. The predicted octanol–water partition coefficient (Wildman–Crippen LogP) is 2.22. The van der Waals surface area contributed by atoms with Crippen molar-refractivity contribution in [2.75, 3.05) is 30.8 Å². The fraction of sp³-hybridized carbons (Fsp3) is 0.714. The lowest BCUT2D eigenvalue weighted by molar-refractivity contribution is 0.220. The van der Waals surface area contributed by atoms with Gasteiger partial charge in [0.1, 0.15) is 17.5 Å². The number of nitrogens with one attached hydrogen (secondary N) is 2. The standard InChI is InChI=1S/C14H24N4O/c1-14(2,6-7-19)9-16-12-8-11(15-3)17-13(18-12)10-4-5-10/h8,10,19H,4-7,9H2,1-3H3,(H2,15,16,17,18). The second kappa shape index (κ2) is 5.74. The fourth-order valence-corrected chi connectivity index (χ4v) is 1.93. The van der Waals surface area contributed by atoms with Gasteiger partial charge >= 0.3 is 0 Å². The Labute approximate surface area is 114 Å². The maximum atomic E-state index is 9.04. The van der Waals surface area contributed by atoms with Crippen molar-refractivity contribution in [2.24, 2.45) is 5.41 Å². The van der Waals surface area contributed by atoms with Gasteiger partial charge in [-0.1, -0.05) is 13.8 Å². The summed E-state index contributed by atoms with van der Waals surface area (Å²) in [5.41, 5.74) is 0.0548. The summed E-state index contributed by atoms with van der Waals surface area (Å²) in [4.78, 5) is 9.07. The van der Waals surface area contributed by atoms with Crippen LogP contribution in [0.25, 0.3) is 0 Å². The largest absolute Gasteiger partial charge is 0.396 e. The number of hydrogen-bond acceptors (Lipinski definition) is 5. The molecule has 0 aliphatic heterocycles. The Morgan fingerprint density at radius 2 is 2.00 bits per heavy atom. The Morgan fingerprint density at radius 3 is 2.58 bits per heavy atom. The molecule has 106 valence electrons. The molecule has 0 saturated heterocycles. The molecule has 2 rings (SSSR count). The number of hydrogen-bond donors (Lipinski definition) is 3. The van der Waals surface area contributed by atoms with E-state index in [1.165, 1.54) is 12.8 Å². The molecule has 0 radical (unpaired) electrons. The molecule has 3 N–H and O–H groups in total. The van der Waals surface area contributed by atoms with Gasteiger partial charge in [0.2, 0.25) is 0 Å². The van der Waals surface area contributed by atoms with Gasteiger partial charge in [0.25, 0.3) is 0 Å². The van der Waals surface area contributed by atoms with Crippen LogP contribution in [0.2, 0.25) is 0 Å². The maximum Gasteiger partial charge on any atom is 0.136 e. The van der Waals surface area contributed by atoms with Crippen LogP contribution >= 0.6 is 0 Å². The molecule has 1 fully saturated rings. The van der Waals surface area contributed by atoms with E-state index in [1.807, 2.05) is 13.1 Å². The molecule has 5 nitrogen and oxygen atoms in total. The highest BCUT2D eigenvalue weighted by atomic mass is 16.3. The molecule has 0 bridgehead atoms. The highest BCUT2D eigenvalue weighted by Gasteiger charge is 2.27. The molecule has 1 aliphatic carbocycles. The number of aliphatic hydroxyl groups excluding tert-OH is 1. The Hall–Kier alpha value is -1.36. The summed E-state index contributed by atoms with van der Waals surface area (Å²) >= 11 is 0. The first-order chi connectivity index (χ1) is 9.04. The summed E-state index contributed by atoms with van der Waals surface area (Å²) in [6, 6.07) is 1.93. The van der Waals surface area contributed by atoms with Crippen molar-refractivity contribution < 1.29 is 5.11 Å². The third-order valence-corrected chi connectivity index (χ3v) is 3.48. The van der Waals surface area contributed by atoms with E-state index >= 15 is 0 Å². The molecule has 1 aromatic rings. The number of nitrogens with zero attached hydrogens (tertiary/aromatic N) is 2. The zero-order chi connectivity index (χ0) is 13.9. The van der Waals surface area contributed by atoms with E-state index in [1.54, 1.807) is 0 Å². The van der Waals surface area contributed by atoms with Gasteiger partial charge < -0.3 is 15.7 Å². The minimum absolute atomic E-state index is 0.0548. The van der Waals surface area contributed by atoms with Gasteiger partial charge in [-0.05, 0) is 24.7 Å². The van der Waals surface area contributed by atoms with Crippen molar-refractivity contribution in [3.63, 3.8) is 0 Å². The van der Waals surface area contributed by atoms with E-state index < -0.39 is 0 Å². The lowest BCUT2D eigenvalue weighted by Gasteiger charge is -2.24. The van der Waals surface area contributed by atoms with Crippen molar-refractivity contribution in [3.05, 3.63) is 11.9 Å². The van der Waals surface area contributed by atoms with Crippen LogP contribution in [0.3, 0.4) is 0 Å². The molecule has 1 saturated carbocycles. The molecular formula is C14H24N4O. The summed E-state index contributed by atoms with van der Waals surface area (Å²) in [7, 11) is 1.87. The Kier molecular flexibility index (Phi) is 4.24. The molecular weight excluding hydrogens is 240 g/mol. The van der Waals surface area contributed by atoms with E-state index in [0.29, 0.717) is 5.92 Å². The predicted molar refractivity (Wildman–Crippen MR) is 77.5 cm³/mol. The summed E-state index contributed by atoms with van der Waals surface area (Å²) < 4.78 is 0. The molecule has 19 heavy (non-hydrogen) atoms. The van der Waals surface area contributed by atoms with Gasteiger partial charge in [0.15, 0.2) is 0 Å². The molecule has 5 heteroatoms. The number of rotatable bonds is 7. The Morgan fingerprint density at radius 1 is 1.32 bits per heavy atom. The Bertz CT molecular complexity index is 429. The highest BCUT2D eigenvalue weighted by Crippen LogP contribution is 2.38. The number of aliphatic hydroxyl groups is 1. The average Bonchev–Trinajstić information content (AvgIpc) is 3.20. The van der Waals surface area contributed by atoms with Crippen LogP contribution in [0, 0.1) is 5.41 Å². The van der Waals surface area contributed by atoms with E-state index in [4.69, 9.17) is 5.11 Å². The third kappa shape index (κ3) is 4.06. The van der Waals surface area contributed by atoms with E-state index in [2.05, 4.69) is 34.4 Å². The highest BCUT2D eigenvalue weighted by molar-refractivity contribution is 5.48. The summed E-state index contributed by atoms with van der Waals surface area (Å²) in [6.07, 6.45) is 3.17. The van der Waals surface area contributed by atoms with E-state index in [0.717, 1.165) is 30.4 Å². The third-order valence-electron chi connectivity index (χ3n) is 3.48. The lowest BCUT2D eigenvalue weighted by atomic mass is 9.90. The first-order valence-corrected chi connectivity index (χ1v) is 6.95. The van der Waals surface area contributed by atoms with Gasteiger partial charge in [0, 0.05) is 32.2 Å². The lowest BCUT2D eigenvalue weighted by Crippen LogP contribution is -2.24. The van der Waals surface area contributed by atoms with Gasteiger partial charge in [0.05, 0.1) is 0 Å². The second-order valence-electron chi connectivity index (χ2n) is 6.01. The monoisotopic (exact) mass is 264 g/mol. The maximum absolute atomic E-state index is 9.04. The summed E-state index contributed by atoms with van der Waals surface area (Å²) in [6.45, 7) is 5.28. The Balaban J connectivity index is 2.04. The van der Waals surface area contributed by atoms with Crippen LogP contribution in [0.5, 0.6) is 0 Å². The molecule has 1 aromatic heterocycles. The summed E-state index contributed by atoms with van der Waals surface area (Å²) in [5.74, 6) is 3.21. The van der Waals surface area contributed by atoms with E-state index in [-0.39, 0.29) is 12.0 Å². The van der Waals surface area contributed by atoms with Crippen LogP contribution in [-0.4, -0.2) is 35.3 Å². The molecule has 0 unspecified atom stereocenters. The molecule has 0 amide bonds. The van der Waals surface area contributed by atoms with Crippen LogP contribution in [0.1, 0.15) is 44.9 Å². The zero-order valence-electron chi connectivity index (χ0n) is 12.0. The van der Waals surface area contributed by atoms with Gasteiger partial charge in [-0.15, -0.1) is 0 Å². The van der Waals surface area contributed by atoms with Crippen molar-refractivity contribution >= 4 is 11.6 Å². The number of anilines is 2. The SMILES string of the molecule is CNc1cc(NCC(C)(C)CCO)nc(C2CC2)n1. The van der Waals surface area contributed by atoms with Gasteiger partial charge in [-0.25, -0.2) is 9.97 Å².